The van der Waals surface area contributed by atoms with E-state index >= 15 is 0 Å². The zero-order valence-electron chi connectivity index (χ0n) is 5.87. The molecule has 0 aliphatic carbocycles. The average molecular weight is 141 g/mol. The van der Waals surface area contributed by atoms with Crippen LogP contribution in [0.3, 0.4) is 0 Å². The number of alkyl halides is 1. The van der Waals surface area contributed by atoms with Crippen LogP contribution in [0, 0.1) is 0 Å². The number of rotatable bonds is 2. The second-order valence-electron chi connectivity index (χ2n) is 2.13. The minimum atomic E-state index is -1.11. The van der Waals surface area contributed by atoms with Gasteiger partial charge in [0.1, 0.15) is 12.4 Å². The largest absolute Gasteiger partial charge is 0.258 e. The number of imidazole rings is 1. The molecule has 0 spiro atoms. The van der Waals surface area contributed by atoms with Crippen LogP contribution in [0.4, 0.5) is 4.39 Å². The molecule has 0 aromatic carbocycles. The Kier molecular flexibility index (Phi) is 1.85. The van der Waals surface area contributed by atoms with E-state index in [1.54, 1.807) is 23.3 Å². The zero-order valence-corrected chi connectivity index (χ0v) is 5.87. The van der Waals surface area contributed by atoms with Gasteiger partial charge in [0.25, 0.3) is 6.30 Å². The van der Waals surface area contributed by atoms with E-state index < -0.39 is 6.30 Å². The predicted molar refractivity (Wildman–Crippen MR) is 36.0 cm³/mol. The van der Waals surface area contributed by atoms with Crippen molar-refractivity contribution in [3.63, 3.8) is 0 Å². The van der Waals surface area contributed by atoms with E-state index in [4.69, 9.17) is 0 Å². The summed E-state index contributed by atoms with van der Waals surface area (Å²) in [5, 5.41) is 0. The van der Waals surface area contributed by atoms with E-state index in [9.17, 15) is 4.39 Å². The maximum Gasteiger partial charge on any atom is 0.258 e. The van der Waals surface area contributed by atoms with Crippen molar-refractivity contribution in [2.75, 3.05) is 0 Å². The molecule has 0 aliphatic rings. The van der Waals surface area contributed by atoms with Gasteiger partial charge in [0, 0.05) is 0 Å². The van der Waals surface area contributed by atoms with Gasteiger partial charge in [-0.3, -0.25) is 0 Å². The van der Waals surface area contributed by atoms with Crippen LogP contribution in [0.25, 0.3) is 0 Å². The maximum atomic E-state index is 12.7. The van der Waals surface area contributed by atoms with Gasteiger partial charge in [-0.15, -0.1) is 0 Å². The molecule has 1 rings (SSSR count). The Morgan fingerprint density at radius 2 is 2.50 bits per heavy atom. The van der Waals surface area contributed by atoms with Gasteiger partial charge in [0.15, 0.2) is 0 Å². The smallest absolute Gasteiger partial charge is 0.239 e. The molecule has 1 heterocycles. The third-order valence-corrected chi connectivity index (χ3v) is 1.27. The van der Waals surface area contributed by atoms with Crippen molar-refractivity contribution in [1.29, 1.82) is 0 Å². The van der Waals surface area contributed by atoms with Crippen molar-refractivity contribution in [2.24, 2.45) is 7.05 Å². The molecule has 1 aromatic rings. The van der Waals surface area contributed by atoms with Gasteiger partial charge in [-0.05, 0) is 6.08 Å². The summed E-state index contributed by atoms with van der Waals surface area (Å²) >= 11 is 0. The fourth-order valence-corrected chi connectivity index (χ4v) is 0.737. The summed E-state index contributed by atoms with van der Waals surface area (Å²) in [6.07, 6.45) is 5.23. The molecule has 0 amide bonds. The van der Waals surface area contributed by atoms with Crippen LogP contribution in [0.15, 0.2) is 31.4 Å². The Morgan fingerprint density at radius 1 is 1.80 bits per heavy atom. The van der Waals surface area contributed by atoms with Gasteiger partial charge in [-0.25, -0.2) is 9.13 Å². The average Bonchev–Trinajstić information content (AvgIpc) is 2.34. The van der Waals surface area contributed by atoms with Crippen molar-refractivity contribution in [1.82, 2.24) is 4.57 Å². The Balaban J connectivity index is 2.84. The minimum absolute atomic E-state index is 1.11. The first-order chi connectivity index (χ1) is 4.74. The lowest BCUT2D eigenvalue weighted by Gasteiger charge is -1.93. The van der Waals surface area contributed by atoms with Crippen molar-refractivity contribution < 1.29 is 8.96 Å². The fraction of sp³-hybridized carbons (Fsp3) is 0.286. The summed E-state index contributed by atoms with van der Waals surface area (Å²) in [5.41, 5.74) is 0. The maximum absolute atomic E-state index is 12.7. The molecular weight excluding hydrogens is 131 g/mol. The molecule has 1 atom stereocenters. The van der Waals surface area contributed by atoms with Crippen LogP contribution in [-0.4, -0.2) is 4.57 Å². The molecule has 0 saturated carbocycles. The van der Waals surface area contributed by atoms with E-state index in [0.29, 0.717) is 0 Å². The van der Waals surface area contributed by atoms with Crippen LogP contribution in [0.2, 0.25) is 0 Å². The Bertz CT molecular complexity index is 229. The van der Waals surface area contributed by atoms with Gasteiger partial charge in [-0.2, -0.15) is 4.39 Å². The molecule has 0 fully saturated rings. The van der Waals surface area contributed by atoms with E-state index in [1.807, 2.05) is 7.05 Å². The van der Waals surface area contributed by atoms with E-state index in [1.165, 1.54) is 10.6 Å². The number of hydrogen-bond acceptors (Lipinski definition) is 0. The Morgan fingerprint density at radius 3 is 2.90 bits per heavy atom. The van der Waals surface area contributed by atoms with E-state index in [-0.39, 0.29) is 0 Å². The normalized spacial score (nSPS) is 13.0. The molecule has 3 heteroatoms. The van der Waals surface area contributed by atoms with E-state index in [2.05, 4.69) is 6.58 Å². The Hall–Kier alpha value is -1.12. The molecule has 0 aliphatic heterocycles. The standard InChI is InChI=1S/C7H10FN2/c1-3-7(8)10-5-4-9(2)6-10/h3-7H,1H2,2H3/q+1. The molecule has 10 heavy (non-hydrogen) atoms. The highest BCUT2D eigenvalue weighted by atomic mass is 19.1. The molecular formula is C7H10FN2+. The van der Waals surface area contributed by atoms with Crippen LogP contribution in [-0.2, 0) is 7.05 Å². The first-order valence-electron chi connectivity index (χ1n) is 3.03. The predicted octanol–water partition coefficient (Wildman–Crippen LogP) is 0.967. The number of allylic oxidation sites excluding steroid dienone is 1. The second kappa shape index (κ2) is 2.64. The molecule has 0 saturated heterocycles. The molecule has 2 nitrogen and oxygen atoms in total. The minimum Gasteiger partial charge on any atom is -0.239 e. The molecule has 54 valence electrons. The number of nitrogens with zero attached hydrogens (tertiary/aromatic N) is 2. The first kappa shape index (κ1) is 6.99. The monoisotopic (exact) mass is 141 g/mol. The number of aryl methyl sites for hydroxylation is 1. The Labute approximate surface area is 59.2 Å². The zero-order chi connectivity index (χ0) is 7.56. The number of halogens is 1. The first-order valence-corrected chi connectivity index (χ1v) is 3.03. The van der Waals surface area contributed by atoms with Gasteiger partial charge in [0.05, 0.1) is 7.05 Å². The third-order valence-electron chi connectivity index (χ3n) is 1.27. The van der Waals surface area contributed by atoms with Crippen LogP contribution in [0.5, 0.6) is 0 Å². The summed E-state index contributed by atoms with van der Waals surface area (Å²) in [7, 11) is 1.84. The summed E-state index contributed by atoms with van der Waals surface area (Å²) < 4.78 is 15.9. The van der Waals surface area contributed by atoms with Crippen LogP contribution in [0.1, 0.15) is 6.30 Å². The quantitative estimate of drug-likeness (QED) is 0.428. The molecule has 0 radical (unpaired) electrons. The summed E-state index contributed by atoms with van der Waals surface area (Å²) in [6.45, 7) is 3.34. The lowest BCUT2D eigenvalue weighted by Crippen LogP contribution is -2.23. The SMILES string of the molecule is C=CC(F)n1cc[n+](C)c1. The van der Waals surface area contributed by atoms with Gasteiger partial charge in [0.2, 0.25) is 6.33 Å². The molecule has 1 unspecified atom stereocenters. The highest BCUT2D eigenvalue weighted by Crippen LogP contribution is 2.05. The highest BCUT2D eigenvalue weighted by molar-refractivity contribution is 4.80. The summed E-state index contributed by atoms with van der Waals surface area (Å²) in [5.74, 6) is 0. The van der Waals surface area contributed by atoms with E-state index in [0.717, 1.165) is 0 Å². The number of aromatic nitrogens is 2. The van der Waals surface area contributed by atoms with Crippen molar-refractivity contribution in [3.8, 4) is 0 Å². The molecule has 0 bridgehead atoms. The van der Waals surface area contributed by atoms with Gasteiger partial charge < -0.3 is 0 Å². The van der Waals surface area contributed by atoms with Crippen molar-refractivity contribution in [3.05, 3.63) is 31.4 Å². The van der Waals surface area contributed by atoms with Gasteiger partial charge in [-0.1, -0.05) is 6.58 Å². The summed E-state index contributed by atoms with van der Waals surface area (Å²) in [6, 6.07) is 0. The fourth-order valence-electron chi connectivity index (χ4n) is 0.737. The lowest BCUT2D eigenvalue weighted by atomic mass is 10.6. The van der Waals surface area contributed by atoms with Crippen molar-refractivity contribution in [2.45, 2.75) is 6.30 Å². The topological polar surface area (TPSA) is 8.81 Å². The van der Waals surface area contributed by atoms with Gasteiger partial charge >= 0.3 is 0 Å². The van der Waals surface area contributed by atoms with Crippen LogP contribution >= 0.6 is 0 Å². The lowest BCUT2D eigenvalue weighted by molar-refractivity contribution is -0.671. The number of hydrogen-bond donors (Lipinski definition) is 0. The third kappa shape index (κ3) is 1.23. The summed E-state index contributed by atoms with van der Waals surface area (Å²) in [4.78, 5) is 0. The highest BCUT2D eigenvalue weighted by Gasteiger charge is 2.08. The second-order valence-corrected chi connectivity index (χ2v) is 2.13. The molecule has 0 N–H and O–H groups in total. The van der Waals surface area contributed by atoms with Crippen molar-refractivity contribution >= 4 is 0 Å². The molecule has 1 aromatic heterocycles. The van der Waals surface area contributed by atoms with Crippen LogP contribution < -0.4 is 4.57 Å².